The second kappa shape index (κ2) is 3.85. The number of methoxy groups -OCH3 is 1. The summed E-state index contributed by atoms with van der Waals surface area (Å²) in [5, 5.41) is 8.56. The number of halogens is 2. The van der Waals surface area contributed by atoms with Gasteiger partial charge in [0, 0.05) is 0 Å². The topological polar surface area (TPSA) is 46.5 Å². The van der Waals surface area contributed by atoms with Crippen molar-refractivity contribution in [2.24, 2.45) is 0 Å². The molecule has 0 aromatic heterocycles. The molecule has 0 spiro atoms. The minimum Gasteiger partial charge on any atom is -0.504 e. The van der Waals surface area contributed by atoms with Crippen molar-refractivity contribution in [3.8, 4) is 11.5 Å². The predicted octanol–water partition coefficient (Wildman–Crippen LogP) is 2.43. The van der Waals surface area contributed by atoms with Crippen LogP contribution in [0.15, 0.2) is 12.1 Å². The second-order valence-electron chi connectivity index (χ2n) is 2.25. The van der Waals surface area contributed by atoms with Crippen LogP contribution in [-0.2, 0) is 0 Å². The summed E-state index contributed by atoms with van der Waals surface area (Å²) in [7, 11) is 1.34. The summed E-state index contributed by atoms with van der Waals surface area (Å²) in [6.45, 7) is 0. The van der Waals surface area contributed by atoms with E-state index in [9.17, 15) is 9.90 Å². The Morgan fingerprint density at radius 2 is 2.15 bits per heavy atom. The molecule has 0 heterocycles. The number of ether oxygens (including phenoxy) is 1. The van der Waals surface area contributed by atoms with Gasteiger partial charge in [-0.3, -0.25) is 4.79 Å². The van der Waals surface area contributed by atoms with E-state index < -0.39 is 5.24 Å². The molecule has 0 bridgehead atoms. The van der Waals surface area contributed by atoms with Crippen LogP contribution in [0.5, 0.6) is 11.5 Å². The van der Waals surface area contributed by atoms with Crippen LogP contribution in [0.1, 0.15) is 10.4 Å². The quantitative estimate of drug-likeness (QED) is 0.780. The minimum atomic E-state index is -0.691. The summed E-state index contributed by atoms with van der Waals surface area (Å²) in [6.07, 6.45) is 0. The molecule has 70 valence electrons. The van der Waals surface area contributed by atoms with Crippen molar-refractivity contribution in [3.05, 3.63) is 22.7 Å². The van der Waals surface area contributed by atoms with E-state index in [2.05, 4.69) is 0 Å². The van der Waals surface area contributed by atoms with Gasteiger partial charge < -0.3 is 9.84 Å². The average Bonchev–Trinajstić information content (AvgIpc) is 2.04. The van der Waals surface area contributed by atoms with Gasteiger partial charge in [0.25, 0.3) is 5.24 Å². The van der Waals surface area contributed by atoms with Crippen molar-refractivity contribution < 1.29 is 14.6 Å². The van der Waals surface area contributed by atoms with E-state index in [-0.39, 0.29) is 22.1 Å². The zero-order valence-corrected chi connectivity index (χ0v) is 8.19. The average molecular weight is 221 g/mol. The smallest absolute Gasteiger partial charge is 0.254 e. The third-order valence-electron chi connectivity index (χ3n) is 1.49. The molecule has 0 aliphatic carbocycles. The number of rotatable bonds is 2. The van der Waals surface area contributed by atoms with Crippen LogP contribution in [0.4, 0.5) is 0 Å². The largest absolute Gasteiger partial charge is 0.504 e. The Bertz CT molecular complexity index is 349. The molecular formula is C8H6Cl2O3. The zero-order chi connectivity index (χ0) is 10.0. The molecule has 5 heteroatoms. The number of carbonyl (C=O) groups excluding carboxylic acids is 1. The maximum absolute atomic E-state index is 10.8. The first-order valence-electron chi connectivity index (χ1n) is 3.33. The molecule has 0 atom stereocenters. The maximum atomic E-state index is 10.8. The van der Waals surface area contributed by atoms with Crippen LogP contribution in [0.3, 0.4) is 0 Å². The van der Waals surface area contributed by atoms with Gasteiger partial charge in [0.1, 0.15) is 0 Å². The molecule has 0 radical (unpaired) electrons. The molecule has 1 rings (SSSR count). The Kier molecular flexibility index (Phi) is 3.01. The molecule has 0 unspecified atom stereocenters. The zero-order valence-electron chi connectivity index (χ0n) is 6.67. The summed E-state index contributed by atoms with van der Waals surface area (Å²) < 4.78 is 4.77. The van der Waals surface area contributed by atoms with Gasteiger partial charge in [0.05, 0.1) is 17.7 Å². The molecule has 0 saturated carbocycles. The first kappa shape index (κ1) is 10.2. The molecule has 0 aliphatic heterocycles. The third-order valence-corrected chi connectivity index (χ3v) is 2.07. The lowest BCUT2D eigenvalue weighted by Crippen LogP contribution is -1.93. The second-order valence-corrected chi connectivity index (χ2v) is 2.97. The predicted molar refractivity (Wildman–Crippen MR) is 49.9 cm³/mol. The van der Waals surface area contributed by atoms with E-state index in [1.807, 2.05) is 0 Å². The summed E-state index contributed by atoms with van der Waals surface area (Å²) >= 11 is 10.9. The van der Waals surface area contributed by atoms with Gasteiger partial charge in [0.2, 0.25) is 0 Å². The van der Waals surface area contributed by atoms with Gasteiger partial charge in [-0.05, 0) is 23.7 Å². The van der Waals surface area contributed by atoms with Gasteiger partial charge in [-0.15, -0.1) is 0 Å². The first-order valence-corrected chi connectivity index (χ1v) is 4.08. The number of phenols is 1. The fraction of sp³-hybridized carbons (Fsp3) is 0.125. The number of benzene rings is 1. The highest BCUT2D eigenvalue weighted by Crippen LogP contribution is 2.36. The Labute approximate surface area is 84.8 Å². The number of aromatic hydroxyl groups is 1. The minimum absolute atomic E-state index is 0.0162. The van der Waals surface area contributed by atoms with E-state index in [1.54, 1.807) is 0 Å². The van der Waals surface area contributed by atoms with Crippen molar-refractivity contribution in [2.45, 2.75) is 0 Å². The lowest BCUT2D eigenvalue weighted by atomic mass is 10.2. The van der Waals surface area contributed by atoms with Crippen LogP contribution < -0.4 is 4.74 Å². The maximum Gasteiger partial charge on any atom is 0.254 e. The van der Waals surface area contributed by atoms with Gasteiger partial charge in [-0.25, -0.2) is 0 Å². The van der Waals surface area contributed by atoms with E-state index in [0.717, 1.165) is 0 Å². The Balaban J connectivity index is 3.35. The molecule has 0 saturated heterocycles. The molecular weight excluding hydrogens is 215 g/mol. The van der Waals surface area contributed by atoms with Crippen molar-refractivity contribution >= 4 is 28.4 Å². The Hall–Kier alpha value is -0.930. The van der Waals surface area contributed by atoms with Crippen molar-refractivity contribution in [3.63, 3.8) is 0 Å². The fourth-order valence-electron chi connectivity index (χ4n) is 0.892. The van der Waals surface area contributed by atoms with Crippen LogP contribution in [0, 0.1) is 0 Å². The van der Waals surface area contributed by atoms with Crippen molar-refractivity contribution in [1.82, 2.24) is 0 Å². The highest BCUT2D eigenvalue weighted by molar-refractivity contribution is 6.68. The van der Waals surface area contributed by atoms with Crippen molar-refractivity contribution in [2.75, 3.05) is 7.11 Å². The number of phenolic OH excluding ortho intramolecular Hbond substituents is 1. The normalized spacial score (nSPS) is 9.77. The molecule has 0 aliphatic rings. The molecule has 3 nitrogen and oxygen atoms in total. The molecule has 13 heavy (non-hydrogen) atoms. The van der Waals surface area contributed by atoms with Gasteiger partial charge in [0.15, 0.2) is 11.5 Å². The van der Waals surface area contributed by atoms with Crippen LogP contribution in [0.25, 0.3) is 0 Å². The van der Waals surface area contributed by atoms with Crippen LogP contribution in [0.2, 0.25) is 5.02 Å². The monoisotopic (exact) mass is 220 g/mol. The van der Waals surface area contributed by atoms with Crippen LogP contribution >= 0.6 is 23.2 Å². The molecule has 0 amide bonds. The molecule has 1 aromatic rings. The summed E-state index contributed by atoms with van der Waals surface area (Å²) in [5.74, 6) is -0.0812. The summed E-state index contributed by atoms with van der Waals surface area (Å²) in [4.78, 5) is 10.8. The SMILES string of the molecule is COc1c(O)ccc(C(=O)Cl)c1Cl. The van der Waals surface area contributed by atoms with E-state index in [4.69, 9.17) is 27.9 Å². The van der Waals surface area contributed by atoms with Gasteiger partial charge in [-0.2, -0.15) is 0 Å². The summed E-state index contributed by atoms with van der Waals surface area (Å²) in [5.41, 5.74) is 0.109. The lowest BCUT2D eigenvalue weighted by molar-refractivity contribution is 0.108. The molecule has 0 fully saturated rings. The number of carbonyl (C=O) groups is 1. The third kappa shape index (κ3) is 1.87. The van der Waals surface area contributed by atoms with E-state index >= 15 is 0 Å². The Morgan fingerprint density at radius 3 is 2.62 bits per heavy atom. The molecule has 1 aromatic carbocycles. The van der Waals surface area contributed by atoms with Gasteiger partial charge >= 0.3 is 0 Å². The highest BCUT2D eigenvalue weighted by Gasteiger charge is 2.15. The van der Waals surface area contributed by atoms with E-state index in [0.29, 0.717) is 0 Å². The van der Waals surface area contributed by atoms with Gasteiger partial charge in [-0.1, -0.05) is 11.6 Å². The fourth-order valence-corrected chi connectivity index (χ4v) is 1.42. The standard InChI is InChI=1S/C8H6Cl2O3/c1-13-7-5(11)3-2-4(6(7)9)8(10)12/h2-3,11H,1H3. The highest BCUT2D eigenvalue weighted by atomic mass is 35.5. The van der Waals surface area contributed by atoms with Crippen molar-refractivity contribution in [1.29, 1.82) is 0 Å². The lowest BCUT2D eigenvalue weighted by Gasteiger charge is -2.07. The number of hydrogen-bond donors (Lipinski definition) is 1. The van der Waals surface area contributed by atoms with E-state index in [1.165, 1.54) is 19.2 Å². The first-order chi connectivity index (χ1) is 6.07. The number of hydrogen-bond acceptors (Lipinski definition) is 3. The molecule has 1 N–H and O–H groups in total. The Morgan fingerprint density at radius 1 is 1.54 bits per heavy atom. The summed E-state index contributed by atoms with van der Waals surface area (Å²) in [6, 6.07) is 2.62. The van der Waals surface area contributed by atoms with Crippen LogP contribution in [-0.4, -0.2) is 17.5 Å².